The molecule has 1 amide bonds. The second-order valence-electron chi connectivity index (χ2n) is 9.12. The molecule has 0 unspecified atom stereocenters. The molecular weight excluding hydrogens is 613 g/mol. The minimum Gasteiger partial charge on any atom is -0.497 e. The van der Waals surface area contributed by atoms with E-state index >= 15 is 0 Å². The summed E-state index contributed by atoms with van der Waals surface area (Å²) in [5.41, 5.74) is 5.64. The summed E-state index contributed by atoms with van der Waals surface area (Å²) >= 11 is 18.6. The summed E-state index contributed by atoms with van der Waals surface area (Å²) in [6, 6.07) is 22.1. The van der Waals surface area contributed by atoms with Gasteiger partial charge >= 0.3 is 5.97 Å². The summed E-state index contributed by atoms with van der Waals surface area (Å²) in [7, 11) is 1.58. The molecule has 0 atom stereocenters. The van der Waals surface area contributed by atoms with Crippen LogP contribution >= 0.6 is 34.8 Å². The second-order valence-corrected chi connectivity index (χ2v) is 10.4. The van der Waals surface area contributed by atoms with E-state index in [0.29, 0.717) is 44.8 Å². The number of H-pyrrole nitrogens is 1. The van der Waals surface area contributed by atoms with Crippen molar-refractivity contribution in [3.8, 4) is 28.4 Å². The van der Waals surface area contributed by atoms with Crippen molar-refractivity contribution in [3.63, 3.8) is 0 Å². The van der Waals surface area contributed by atoms with Crippen molar-refractivity contribution in [2.75, 3.05) is 13.7 Å². The Hall–Kier alpha value is -4.50. The van der Waals surface area contributed by atoms with Crippen LogP contribution in [-0.2, 0) is 0 Å². The Balaban J connectivity index is 1.38. The van der Waals surface area contributed by atoms with Crippen LogP contribution < -0.4 is 19.6 Å². The lowest BCUT2D eigenvalue weighted by Gasteiger charge is -2.12. The number of hydrogen-bond acceptors (Lipinski definition) is 6. The summed E-state index contributed by atoms with van der Waals surface area (Å²) < 4.78 is 16.6. The molecule has 0 aliphatic heterocycles. The number of carbonyl (C=O) groups excluding carboxylic acids is 2. The van der Waals surface area contributed by atoms with Crippen molar-refractivity contribution >= 4 is 63.8 Å². The molecule has 0 aliphatic rings. The van der Waals surface area contributed by atoms with Crippen LogP contribution in [0.25, 0.3) is 22.0 Å². The van der Waals surface area contributed by atoms with Gasteiger partial charge in [-0.05, 0) is 73.2 Å². The number of benzene rings is 4. The van der Waals surface area contributed by atoms with Crippen LogP contribution in [0, 0.1) is 0 Å². The molecule has 1 heterocycles. The topological polar surface area (TPSA) is 102 Å². The van der Waals surface area contributed by atoms with E-state index in [2.05, 4.69) is 15.5 Å². The first-order valence-electron chi connectivity index (χ1n) is 13.0. The molecule has 5 aromatic rings. The maximum absolute atomic E-state index is 13.4. The predicted molar refractivity (Wildman–Crippen MR) is 169 cm³/mol. The van der Waals surface area contributed by atoms with E-state index in [-0.39, 0.29) is 22.0 Å². The Bertz CT molecular complexity index is 1870. The molecule has 1 aromatic heterocycles. The third kappa shape index (κ3) is 6.62. The lowest BCUT2D eigenvalue weighted by Crippen LogP contribution is -2.19. The molecule has 0 bridgehead atoms. The van der Waals surface area contributed by atoms with E-state index in [4.69, 9.17) is 49.0 Å². The Morgan fingerprint density at radius 1 is 0.930 bits per heavy atom. The zero-order valence-electron chi connectivity index (χ0n) is 22.9. The quantitative estimate of drug-likeness (QED) is 0.0735. The van der Waals surface area contributed by atoms with Gasteiger partial charge in [0.05, 0.1) is 30.5 Å². The predicted octanol–water partition coefficient (Wildman–Crippen LogP) is 8.19. The summed E-state index contributed by atoms with van der Waals surface area (Å²) in [4.78, 5) is 29.3. The number of methoxy groups -OCH3 is 1. The lowest BCUT2D eigenvalue weighted by atomic mass is 10.0. The fraction of sp³-hybridized carbons (Fsp3) is 0.0938. The van der Waals surface area contributed by atoms with Gasteiger partial charge in [-0.1, -0.05) is 53.0 Å². The molecule has 0 radical (unpaired) electrons. The third-order valence-electron chi connectivity index (χ3n) is 6.38. The van der Waals surface area contributed by atoms with Gasteiger partial charge in [-0.3, -0.25) is 4.79 Å². The maximum atomic E-state index is 13.4. The molecule has 0 aliphatic carbocycles. The Morgan fingerprint density at radius 2 is 1.74 bits per heavy atom. The van der Waals surface area contributed by atoms with Gasteiger partial charge in [0, 0.05) is 32.1 Å². The molecule has 0 fully saturated rings. The van der Waals surface area contributed by atoms with Crippen LogP contribution in [0.5, 0.6) is 17.2 Å². The summed E-state index contributed by atoms with van der Waals surface area (Å²) in [6.07, 6.45) is 1.45. The first-order chi connectivity index (χ1) is 20.8. The van der Waals surface area contributed by atoms with Gasteiger partial charge in [0.25, 0.3) is 5.91 Å². The van der Waals surface area contributed by atoms with Gasteiger partial charge in [-0.15, -0.1) is 0 Å². The molecule has 8 nitrogen and oxygen atoms in total. The molecule has 0 saturated heterocycles. The smallest absolute Gasteiger partial charge is 0.345 e. The van der Waals surface area contributed by atoms with Crippen molar-refractivity contribution in [1.82, 2.24) is 10.4 Å². The van der Waals surface area contributed by atoms with Gasteiger partial charge in [-0.2, -0.15) is 5.10 Å². The average Bonchev–Trinajstić information content (AvgIpc) is 3.37. The van der Waals surface area contributed by atoms with Crippen LogP contribution in [0.1, 0.15) is 33.3 Å². The fourth-order valence-corrected chi connectivity index (χ4v) is 5.12. The monoisotopic (exact) mass is 635 g/mol. The highest BCUT2D eigenvalue weighted by Gasteiger charge is 2.21. The number of hydrogen-bond donors (Lipinski definition) is 2. The van der Waals surface area contributed by atoms with Crippen molar-refractivity contribution in [1.29, 1.82) is 0 Å². The largest absolute Gasteiger partial charge is 0.497 e. The van der Waals surface area contributed by atoms with Crippen molar-refractivity contribution < 1.29 is 23.8 Å². The first-order valence-corrected chi connectivity index (χ1v) is 14.1. The van der Waals surface area contributed by atoms with Crippen molar-refractivity contribution in [2.45, 2.75) is 6.92 Å². The fourth-order valence-electron chi connectivity index (χ4n) is 4.40. The van der Waals surface area contributed by atoms with Gasteiger partial charge < -0.3 is 19.2 Å². The van der Waals surface area contributed by atoms with E-state index in [0.717, 1.165) is 10.9 Å². The lowest BCUT2D eigenvalue weighted by molar-refractivity contribution is 0.0728. The third-order valence-corrected chi connectivity index (χ3v) is 7.25. The Kier molecular flexibility index (Phi) is 9.21. The van der Waals surface area contributed by atoms with Gasteiger partial charge in [0.15, 0.2) is 11.5 Å². The number of rotatable bonds is 9. The Morgan fingerprint density at radius 3 is 2.49 bits per heavy atom. The van der Waals surface area contributed by atoms with Crippen LogP contribution in [0.4, 0.5) is 0 Å². The highest BCUT2D eigenvalue weighted by molar-refractivity contribution is 6.36. The number of nitrogens with one attached hydrogen (secondary N) is 2. The average molecular weight is 637 g/mol. The first kappa shape index (κ1) is 30.0. The number of halogens is 3. The standard InChI is InChI=1S/C32H24Cl3N3O5/c1-3-42-28-14-18(8-13-27(28)43-32(40)22-11-9-19(33)15-25(22)35)17-36-38-31(39)30-29(21-6-4-5-7-24(21)34)23-16-20(41-2)10-12-26(23)37-30/h4-17,37H,3H2,1-2H3,(H,38,39). The van der Waals surface area contributed by atoms with Crippen molar-refractivity contribution in [3.05, 3.63) is 111 Å². The number of amides is 1. The molecule has 2 N–H and O–H groups in total. The number of nitrogens with zero attached hydrogens (tertiary/aromatic N) is 1. The minimum absolute atomic E-state index is 0.161. The number of aromatic nitrogens is 1. The highest BCUT2D eigenvalue weighted by Crippen LogP contribution is 2.38. The normalized spacial score (nSPS) is 11.1. The molecule has 0 saturated carbocycles. The molecular formula is C32H24Cl3N3O5. The number of aromatic amines is 1. The Labute approximate surface area is 262 Å². The molecule has 0 spiro atoms. The number of hydrazone groups is 1. The number of ether oxygens (including phenoxy) is 3. The number of carbonyl (C=O) groups is 2. The SMILES string of the molecule is CCOc1cc(C=NNC(=O)c2[nH]c3ccc(OC)cc3c2-c2ccccc2Cl)ccc1OC(=O)c1ccc(Cl)cc1Cl. The van der Waals surface area contributed by atoms with Crippen molar-refractivity contribution in [2.24, 2.45) is 5.10 Å². The summed E-state index contributed by atoms with van der Waals surface area (Å²) in [5.74, 6) is -0.00247. The van der Waals surface area contributed by atoms with E-state index in [1.807, 2.05) is 30.3 Å². The number of esters is 1. The second kappa shape index (κ2) is 13.2. The van der Waals surface area contributed by atoms with Crippen LogP contribution in [0.15, 0.2) is 84.0 Å². The molecule has 43 heavy (non-hydrogen) atoms. The van der Waals surface area contributed by atoms with E-state index in [9.17, 15) is 9.59 Å². The molecule has 218 valence electrons. The molecule has 5 rings (SSSR count). The van der Waals surface area contributed by atoms with Crippen LogP contribution in [0.3, 0.4) is 0 Å². The highest BCUT2D eigenvalue weighted by atomic mass is 35.5. The molecule has 11 heteroatoms. The van der Waals surface area contributed by atoms with Crippen LogP contribution in [0.2, 0.25) is 15.1 Å². The van der Waals surface area contributed by atoms with Gasteiger partial charge in [0.2, 0.25) is 0 Å². The summed E-state index contributed by atoms with van der Waals surface area (Å²) in [6.45, 7) is 2.12. The molecule has 4 aromatic carbocycles. The van der Waals surface area contributed by atoms with E-state index < -0.39 is 11.9 Å². The van der Waals surface area contributed by atoms with Gasteiger partial charge in [-0.25, -0.2) is 10.2 Å². The van der Waals surface area contributed by atoms with Crippen LogP contribution in [-0.4, -0.2) is 36.8 Å². The number of fused-ring (bicyclic) bond motifs is 1. The minimum atomic E-state index is -0.665. The van der Waals surface area contributed by atoms with Gasteiger partial charge in [0.1, 0.15) is 11.4 Å². The zero-order chi connectivity index (χ0) is 30.5. The van der Waals surface area contributed by atoms with E-state index in [1.165, 1.54) is 18.3 Å². The maximum Gasteiger partial charge on any atom is 0.345 e. The summed E-state index contributed by atoms with van der Waals surface area (Å²) in [5, 5.41) is 5.97. The zero-order valence-corrected chi connectivity index (χ0v) is 25.2. The van der Waals surface area contributed by atoms with E-state index in [1.54, 1.807) is 50.4 Å².